The van der Waals surface area contributed by atoms with Crippen LogP contribution in [0.5, 0.6) is 0 Å². The Balaban J connectivity index is 1.40. The van der Waals surface area contributed by atoms with Crippen LogP contribution >= 0.6 is 23.1 Å². The highest BCUT2D eigenvalue weighted by Gasteiger charge is 2.12. The van der Waals surface area contributed by atoms with Crippen LogP contribution in [0.3, 0.4) is 0 Å². The van der Waals surface area contributed by atoms with Crippen LogP contribution in [-0.4, -0.2) is 23.2 Å². The molecule has 0 saturated heterocycles. The molecule has 1 N–H and O–H groups in total. The van der Waals surface area contributed by atoms with Gasteiger partial charge in [0.05, 0.1) is 16.3 Å². The van der Waals surface area contributed by atoms with Crippen molar-refractivity contribution in [2.75, 3.05) is 12.3 Å². The number of thioether (sulfide) groups is 1. The SMILES string of the molecule is Cc1oc(-c2cccs2)nc1CSCC(=O)NCCc1ccccc1. The van der Waals surface area contributed by atoms with Gasteiger partial charge in [0.25, 0.3) is 0 Å². The number of oxazole rings is 1. The number of carbonyl (C=O) groups excluding carboxylic acids is 1. The molecule has 0 spiro atoms. The van der Waals surface area contributed by atoms with Gasteiger partial charge < -0.3 is 9.73 Å². The molecule has 2 heterocycles. The number of amides is 1. The van der Waals surface area contributed by atoms with Gasteiger partial charge in [-0.05, 0) is 30.4 Å². The van der Waals surface area contributed by atoms with Crippen LogP contribution in [0.2, 0.25) is 0 Å². The molecule has 4 nitrogen and oxygen atoms in total. The fraction of sp³-hybridized carbons (Fsp3) is 0.263. The maximum atomic E-state index is 11.9. The van der Waals surface area contributed by atoms with Gasteiger partial charge in [-0.3, -0.25) is 4.79 Å². The summed E-state index contributed by atoms with van der Waals surface area (Å²) in [5, 5.41) is 4.96. The number of hydrogen-bond acceptors (Lipinski definition) is 5. The van der Waals surface area contributed by atoms with Crippen LogP contribution in [0.25, 0.3) is 10.8 Å². The van der Waals surface area contributed by atoms with Gasteiger partial charge >= 0.3 is 0 Å². The standard InChI is InChI=1S/C19H20N2O2S2/c1-14-16(21-19(23-14)17-8-5-11-25-17)12-24-13-18(22)20-10-9-15-6-3-2-4-7-15/h2-8,11H,9-10,12-13H2,1H3,(H,20,22). The summed E-state index contributed by atoms with van der Waals surface area (Å²) in [5.74, 6) is 2.64. The predicted molar refractivity (Wildman–Crippen MR) is 104 cm³/mol. The van der Waals surface area contributed by atoms with Crippen molar-refractivity contribution in [3.63, 3.8) is 0 Å². The first-order chi connectivity index (χ1) is 12.2. The molecule has 130 valence electrons. The third-order valence-corrected chi connectivity index (χ3v) is 5.48. The first-order valence-electron chi connectivity index (χ1n) is 8.11. The summed E-state index contributed by atoms with van der Waals surface area (Å²) in [6, 6.07) is 14.1. The van der Waals surface area contributed by atoms with E-state index >= 15 is 0 Å². The molecule has 25 heavy (non-hydrogen) atoms. The van der Waals surface area contributed by atoms with Crippen molar-refractivity contribution in [1.82, 2.24) is 10.3 Å². The zero-order valence-corrected chi connectivity index (χ0v) is 15.7. The van der Waals surface area contributed by atoms with Crippen LogP contribution in [0.4, 0.5) is 0 Å². The summed E-state index contributed by atoms with van der Waals surface area (Å²) in [6.07, 6.45) is 0.851. The third kappa shape index (κ3) is 5.21. The summed E-state index contributed by atoms with van der Waals surface area (Å²) in [5.41, 5.74) is 2.14. The lowest BCUT2D eigenvalue weighted by atomic mass is 10.1. The molecule has 0 radical (unpaired) electrons. The normalized spacial score (nSPS) is 10.8. The van der Waals surface area contributed by atoms with E-state index in [1.54, 1.807) is 23.1 Å². The van der Waals surface area contributed by atoms with Gasteiger partial charge in [-0.15, -0.1) is 23.1 Å². The number of hydrogen-bond donors (Lipinski definition) is 1. The maximum absolute atomic E-state index is 11.9. The molecule has 0 bridgehead atoms. The molecule has 6 heteroatoms. The molecule has 2 aromatic heterocycles. The topological polar surface area (TPSA) is 55.1 Å². The average molecular weight is 373 g/mol. The number of nitrogens with zero attached hydrogens (tertiary/aromatic N) is 1. The van der Waals surface area contributed by atoms with Gasteiger partial charge in [0.15, 0.2) is 0 Å². The molecular formula is C19H20N2O2S2. The Kier molecular flexibility index (Phi) is 6.30. The second-order valence-corrected chi connectivity index (χ2v) is 7.51. The molecule has 0 atom stereocenters. The van der Waals surface area contributed by atoms with E-state index in [0.29, 0.717) is 23.9 Å². The Morgan fingerprint density at radius 3 is 2.84 bits per heavy atom. The first kappa shape index (κ1) is 17.8. The van der Waals surface area contributed by atoms with Crippen molar-refractivity contribution < 1.29 is 9.21 Å². The lowest BCUT2D eigenvalue weighted by Crippen LogP contribution is -2.27. The molecule has 0 saturated carbocycles. The van der Waals surface area contributed by atoms with Crippen LogP contribution in [0.1, 0.15) is 17.0 Å². The van der Waals surface area contributed by atoms with E-state index in [4.69, 9.17) is 4.42 Å². The third-order valence-electron chi connectivity index (χ3n) is 3.68. The van der Waals surface area contributed by atoms with Crippen LogP contribution < -0.4 is 5.32 Å². The van der Waals surface area contributed by atoms with Crippen molar-refractivity contribution in [3.8, 4) is 10.8 Å². The van der Waals surface area contributed by atoms with Crippen molar-refractivity contribution >= 4 is 29.0 Å². The monoisotopic (exact) mass is 372 g/mol. The minimum Gasteiger partial charge on any atom is -0.440 e. The Bertz CT molecular complexity index is 798. The Morgan fingerprint density at radius 2 is 2.08 bits per heavy atom. The largest absolute Gasteiger partial charge is 0.440 e. The maximum Gasteiger partial charge on any atom is 0.236 e. The number of thiophene rings is 1. The predicted octanol–water partition coefficient (Wildman–Crippen LogP) is 4.30. The summed E-state index contributed by atoms with van der Waals surface area (Å²) >= 11 is 3.16. The summed E-state index contributed by atoms with van der Waals surface area (Å²) in [4.78, 5) is 17.5. The second-order valence-electron chi connectivity index (χ2n) is 5.58. The van der Waals surface area contributed by atoms with Crippen LogP contribution in [0, 0.1) is 6.92 Å². The summed E-state index contributed by atoms with van der Waals surface area (Å²) in [7, 11) is 0. The van der Waals surface area contributed by atoms with Gasteiger partial charge in [-0.1, -0.05) is 36.4 Å². The number of rotatable bonds is 8. The molecule has 0 aliphatic heterocycles. The molecule has 1 amide bonds. The van der Waals surface area contributed by atoms with E-state index in [1.165, 1.54) is 5.56 Å². The lowest BCUT2D eigenvalue weighted by molar-refractivity contribution is -0.118. The fourth-order valence-electron chi connectivity index (χ4n) is 2.35. The van der Waals surface area contributed by atoms with E-state index in [2.05, 4.69) is 22.4 Å². The second kappa shape index (κ2) is 8.87. The molecule has 0 aliphatic rings. The Morgan fingerprint density at radius 1 is 1.24 bits per heavy atom. The molecule has 0 unspecified atom stereocenters. The van der Waals surface area contributed by atoms with Crippen molar-refractivity contribution in [2.24, 2.45) is 0 Å². The highest BCUT2D eigenvalue weighted by Crippen LogP contribution is 2.27. The summed E-state index contributed by atoms with van der Waals surface area (Å²) in [6.45, 7) is 2.58. The van der Waals surface area contributed by atoms with Crippen LogP contribution in [0.15, 0.2) is 52.3 Å². The highest BCUT2D eigenvalue weighted by molar-refractivity contribution is 7.99. The van der Waals surface area contributed by atoms with Gasteiger partial charge in [0.2, 0.25) is 11.8 Å². The van der Waals surface area contributed by atoms with E-state index in [-0.39, 0.29) is 5.91 Å². The van der Waals surface area contributed by atoms with Gasteiger partial charge in [-0.25, -0.2) is 4.98 Å². The van der Waals surface area contributed by atoms with Crippen molar-refractivity contribution in [2.45, 2.75) is 19.1 Å². The number of benzene rings is 1. The minimum atomic E-state index is 0.0561. The molecule has 3 rings (SSSR count). The van der Waals surface area contributed by atoms with Crippen molar-refractivity contribution in [3.05, 3.63) is 64.9 Å². The zero-order chi connectivity index (χ0) is 17.5. The van der Waals surface area contributed by atoms with E-state index in [9.17, 15) is 4.79 Å². The molecule has 1 aromatic carbocycles. The van der Waals surface area contributed by atoms with E-state index in [0.717, 1.165) is 22.8 Å². The average Bonchev–Trinajstić information content (AvgIpc) is 3.26. The summed E-state index contributed by atoms with van der Waals surface area (Å²) < 4.78 is 5.72. The van der Waals surface area contributed by atoms with Gasteiger partial charge in [-0.2, -0.15) is 0 Å². The number of aryl methyl sites for hydroxylation is 1. The van der Waals surface area contributed by atoms with Gasteiger partial charge in [0, 0.05) is 12.3 Å². The highest BCUT2D eigenvalue weighted by atomic mass is 32.2. The number of nitrogens with one attached hydrogen (secondary N) is 1. The van der Waals surface area contributed by atoms with E-state index < -0.39 is 0 Å². The Labute approximate surface area is 155 Å². The number of carbonyl (C=O) groups is 1. The van der Waals surface area contributed by atoms with Gasteiger partial charge in [0.1, 0.15) is 5.76 Å². The Hall–Kier alpha value is -2.05. The molecular weight excluding hydrogens is 352 g/mol. The minimum absolute atomic E-state index is 0.0561. The van der Waals surface area contributed by atoms with Crippen molar-refractivity contribution in [1.29, 1.82) is 0 Å². The fourth-order valence-corrected chi connectivity index (χ4v) is 3.85. The lowest BCUT2D eigenvalue weighted by Gasteiger charge is -2.05. The molecule has 3 aromatic rings. The quantitative estimate of drug-likeness (QED) is 0.640. The smallest absolute Gasteiger partial charge is 0.236 e. The van der Waals surface area contributed by atoms with E-state index in [1.807, 2.05) is 42.6 Å². The molecule has 0 aliphatic carbocycles. The zero-order valence-electron chi connectivity index (χ0n) is 14.0. The van der Waals surface area contributed by atoms with Crippen LogP contribution in [-0.2, 0) is 17.0 Å². The first-order valence-corrected chi connectivity index (χ1v) is 10.1. The number of aromatic nitrogens is 1. The molecule has 0 fully saturated rings.